The molecule has 0 aliphatic heterocycles. The normalized spacial score (nSPS) is 12.1. The number of thiazole rings is 1. The van der Waals surface area contributed by atoms with Crippen molar-refractivity contribution in [3.63, 3.8) is 0 Å². The number of sulfonamides is 1. The molecule has 0 unspecified atom stereocenters. The van der Waals surface area contributed by atoms with E-state index < -0.39 is 10.0 Å². The molecule has 8 nitrogen and oxygen atoms in total. The van der Waals surface area contributed by atoms with Crippen LogP contribution >= 0.6 is 11.3 Å². The molecule has 0 amide bonds. The monoisotopic (exact) mass is 313 g/mol. The maximum absolute atomic E-state index is 12.4. The van der Waals surface area contributed by atoms with Gasteiger partial charge >= 0.3 is 0 Å². The molecule has 0 saturated heterocycles. The summed E-state index contributed by atoms with van der Waals surface area (Å²) in [5.41, 5.74) is 3.03. The van der Waals surface area contributed by atoms with Gasteiger partial charge in [-0.3, -0.25) is 4.40 Å². The van der Waals surface area contributed by atoms with Crippen molar-refractivity contribution < 1.29 is 12.8 Å². The summed E-state index contributed by atoms with van der Waals surface area (Å²) < 4.78 is 33.6. The highest BCUT2D eigenvalue weighted by atomic mass is 32.2. The van der Waals surface area contributed by atoms with Gasteiger partial charge in [0.15, 0.2) is 10.8 Å². The minimum absolute atomic E-state index is 0.0141. The number of hydrogen-bond acceptors (Lipinski definition) is 7. The summed E-state index contributed by atoms with van der Waals surface area (Å²) in [5, 5.41) is 1.73. The van der Waals surface area contributed by atoms with E-state index in [-0.39, 0.29) is 17.4 Å². The van der Waals surface area contributed by atoms with Crippen molar-refractivity contribution >= 4 is 32.1 Å². The quantitative estimate of drug-likeness (QED) is 0.473. The van der Waals surface area contributed by atoms with Crippen LogP contribution in [0.4, 0.5) is 5.82 Å². The molecule has 0 saturated carbocycles. The molecule has 20 heavy (non-hydrogen) atoms. The number of fused-ring (bicyclic) bond motifs is 1. The maximum atomic E-state index is 12.4. The highest BCUT2D eigenvalue weighted by Gasteiger charge is 2.25. The standard InChI is InChI=1S/C10H11N5O3S2/c11-14-8-9(15-2-4-19-10(15)13-8)20(16,17)12-5-7-1-3-18-6-7/h1-4,6,12,14H,5,11H2. The second-order valence-electron chi connectivity index (χ2n) is 3.92. The van der Waals surface area contributed by atoms with Crippen LogP contribution in [0.1, 0.15) is 5.56 Å². The average Bonchev–Trinajstić information content (AvgIpc) is 3.11. The molecule has 0 spiro atoms. The van der Waals surface area contributed by atoms with E-state index in [0.717, 1.165) is 5.56 Å². The van der Waals surface area contributed by atoms with Crippen LogP contribution in [0.2, 0.25) is 0 Å². The molecule has 3 aromatic heterocycles. The van der Waals surface area contributed by atoms with Crippen LogP contribution in [-0.4, -0.2) is 17.8 Å². The van der Waals surface area contributed by atoms with Gasteiger partial charge in [0.2, 0.25) is 5.03 Å². The van der Waals surface area contributed by atoms with Crippen molar-refractivity contribution in [2.45, 2.75) is 11.6 Å². The molecule has 3 aromatic rings. The third-order valence-electron chi connectivity index (χ3n) is 2.66. The zero-order valence-corrected chi connectivity index (χ0v) is 11.7. The molecule has 0 aromatic carbocycles. The van der Waals surface area contributed by atoms with E-state index in [1.807, 2.05) is 0 Å². The third-order valence-corrected chi connectivity index (χ3v) is 4.84. The Kier molecular flexibility index (Phi) is 3.22. The number of nitrogens with one attached hydrogen (secondary N) is 2. The molecule has 10 heteroatoms. The van der Waals surface area contributed by atoms with E-state index in [9.17, 15) is 8.42 Å². The Morgan fingerprint density at radius 2 is 2.35 bits per heavy atom. The number of aromatic nitrogens is 2. The van der Waals surface area contributed by atoms with Gasteiger partial charge in [0, 0.05) is 23.7 Å². The number of imidazole rings is 1. The van der Waals surface area contributed by atoms with Gasteiger partial charge in [0.1, 0.15) is 0 Å². The van der Waals surface area contributed by atoms with Crippen LogP contribution in [0.15, 0.2) is 39.6 Å². The lowest BCUT2D eigenvalue weighted by Crippen LogP contribution is -2.25. The fourth-order valence-corrected chi connectivity index (χ4v) is 3.79. The van der Waals surface area contributed by atoms with Gasteiger partial charge in [-0.25, -0.2) is 19.0 Å². The van der Waals surface area contributed by atoms with Gasteiger partial charge < -0.3 is 9.84 Å². The second kappa shape index (κ2) is 4.90. The van der Waals surface area contributed by atoms with Crippen molar-refractivity contribution in [2.24, 2.45) is 5.84 Å². The average molecular weight is 313 g/mol. The highest BCUT2D eigenvalue weighted by Crippen LogP contribution is 2.24. The molecular formula is C10H11N5O3S2. The van der Waals surface area contributed by atoms with Gasteiger partial charge in [0.05, 0.1) is 12.5 Å². The van der Waals surface area contributed by atoms with Crippen LogP contribution in [0.5, 0.6) is 0 Å². The number of nitrogens with zero attached hydrogens (tertiary/aromatic N) is 2. The van der Waals surface area contributed by atoms with Gasteiger partial charge in [0.25, 0.3) is 10.0 Å². The van der Waals surface area contributed by atoms with Gasteiger partial charge in [-0.05, 0) is 6.07 Å². The Morgan fingerprint density at radius 3 is 3.05 bits per heavy atom. The van der Waals surface area contributed by atoms with Crippen molar-refractivity contribution in [3.8, 4) is 0 Å². The summed E-state index contributed by atoms with van der Waals surface area (Å²) in [5.74, 6) is 5.44. The third kappa shape index (κ3) is 2.18. The van der Waals surface area contributed by atoms with E-state index in [0.29, 0.717) is 4.96 Å². The topological polar surface area (TPSA) is 115 Å². The molecule has 4 N–H and O–H groups in total. The summed E-state index contributed by atoms with van der Waals surface area (Å²) in [4.78, 5) is 4.65. The first-order valence-corrected chi connectivity index (χ1v) is 7.91. The van der Waals surface area contributed by atoms with Crippen molar-refractivity contribution in [2.75, 3.05) is 5.43 Å². The Morgan fingerprint density at radius 1 is 1.50 bits per heavy atom. The molecule has 3 heterocycles. The van der Waals surface area contributed by atoms with Crippen LogP contribution in [0, 0.1) is 0 Å². The van der Waals surface area contributed by atoms with Gasteiger partial charge in [-0.15, -0.1) is 11.3 Å². The SMILES string of the molecule is NNc1nc2sccn2c1S(=O)(=O)NCc1ccoc1. The van der Waals surface area contributed by atoms with Crippen molar-refractivity contribution in [1.82, 2.24) is 14.1 Å². The van der Waals surface area contributed by atoms with Gasteiger partial charge in [-0.2, -0.15) is 4.98 Å². The fourth-order valence-electron chi connectivity index (χ4n) is 1.76. The predicted molar refractivity (Wildman–Crippen MR) is 73.6 cm³/mol. The number of hydrazine groups is 1. The highest BCUT2D eigenvalue weighted by molar-refractivity contribution is 7.89. The summed E-state index contributed by atoms with van der Waals surface area (Å²) in [6.45, 7) is 0.125. The molecule has 0 radical (unpaired) electrons. The lowest BCUT2D eigenvalue weighted by atomic mass is 10.4. The van der Waals surface area contributed by atoms with Crippen LogP contribution < -0.4 is 16.0 Å². The first kappa shape index (κ1) is 13.1. The van der Waals surface area contributed by atoms with Crippen molar-refractivity contribution in [3.05, 3.63) is 35.7 Å². The first-order chi connectivity index (χ1) is 9.62. The van der Waals surface area contributed by atoms with Crippen molar-refractivity contribution in [1.29, 1.82) is 0 Å². The maximum Gasteiger partial charge on any atom is 0.260 e. The van der Waals surface area contributed by atoms with Crippen LogP contribution in [0.3, 0.4) is 0 Å². The molecule has 0 bridgehead atoms. The van der Waals surface area contributed by atoms with Crippen LogP contribution in [0.25, 0.3) is 4.96 Å². The molecule has 106 valence electrons. The lowest BCUT2D eigenvalue weighted by Gasteiger charge is -2.06. The minimum atomic E-state index is -3.76. The lowest BCUT2D eigenvalue weighted by molar-refractivity contribution is 0.560. The zero-order valence-electron chi connectivity index (χ0n) is 10.1. The molecule has 3 rings (SSSR count). The summed E-state index contributed by atoms with van der Waals surface area (Å²) in [6, 6.07) is 1.68. The van der Waals surface area contributed by atoms with E-state index in [2.05, 4.69) is 15.1 Å². The zero-order chi connectivity index (χ0) is 14.2. The number of hydrogen-bond donors (Lipinski definition) is 3. The smallest absolute Gasteiger partial charge is 0.260 e. The number of rotatable bonds is 5. The molecular weight excluding hydrogens is 302 g/mol. The Bertz CT molecular complexity index is 818. The minimum Gasteiger partial charge on any atom is -0.472 e. The summed E-state index contributed by atoms with van der Waals surface area (Å²) >= 11 is 1.32. The molecule has 0 aliphatic carbocycles. The van der Waals surface area contributed by atoms with E-state index in [1.165, 1.54) is 28.3 Å². The Balaban J connectivity index is 1.97. The predicted octanol–water partition coefficient (Wildman–Crippen LogP) is 0.753. The van der Waals surface area contributed by atoms with E-state index >= 15 is 0 Å². The van der Waals surface area contributed by atoms with Crippen LogP contribution in [-0.2, 0) is 16.6 Å². The number of nitrogen functional groups attached to an aromatic ring is 1. The Hall–Kier alpha value is -1.88. The van der Waals surface area contributed by atoms with E-state index in [1.54, 1.807) is 17.6 Å². The number of furan rings is 1. The number of nitrogens with two attached hydrogens (primary N) is 1. The largest absolute Gasteiger partial charge is 0.472 e. The van der Waals surface area contributed by atoms with E-state index in [4.69, 9.17) is 10.3 Å². The summed E-state index contributed by atoms with van der Waals surface area (Å²) in [7, 11) is -3.76. The molecule has 0 atom stereocenters. The number of anilines is 1. The van der Waals surface area contributed by atoms with Gasteiger partial charge in [-0.1, -0.05) is 0 Å². The fraction of sp³-hybridized carbons (Fsp3) is 0.100. The second-order valence-corrected chi connectivity index (χ2v) is 6.48. The molecule has 0 aliphatic rings. The Labute approximate surface area is 118 Å². The summed E-state index contributed by atoms with van der Waals surface area (Å²) in [6.07, 6.45) is 4.58. The molecule has 0 fully saturated rings. The first-order valence-electron chi connectivity index (χ1n) is 5.55.